The monoisotopic (exact) mass is 301 g/mol. The van der Waals surface area contributed by atoms with E-state index in [4.69, 9.17) is 14.2 Å². The van der Waals surface area contributed by atoms with Crippen molar-refractivity contribution < 1.29 is 22.6 Å². The first-order chi connectivity index (χ1) is 9.50. The van der Waals surface area contributed by atoms with Gasteiger partial charge in [0.05, 0.1) is 14.2 Å². The summed E-state index contributed by atoms with van der Waals surface area (Å²) in [6, 6.07) is 4.65. The molecule has 0 radical (unpaired) electrons. The molecule has 0 aliphatic carbocycles. The van der Waals surface area contributed by atoms with Crippen molar-refractivity contribution in [2.75, 3.05) is 27.4 Å². The molecule has 1 heterocycles. The van der Waals surface area contributed by atoms with Crippen molar-refractivity contribution in [3.63, 3.8) is 0 Å². The van der Waals surface area contributed by atoms with Crippen LogP contribution >= 0.6 is 0 Å². The van der Waals surface area contributed by atoms with Crippen LogP contribution in [0.15, 0.2) is 23.1 Å². The van der Waals surface area contributed by atoms with Gasteiger partial charge in [-0.15, -0.1) is 0 Å². The molecule has 1 aromatic rings. The van der Waals surface area contributed by atoms with E-state index >= 15 is 0 Å². The van der Waals surface area contributed by atoms with Gasteiger partial charge in [0.15, 0.2) is 0 Å². The molecule has 1 saturated heterocycles. The SMILES string of the molecule is COc1ccc(S(=O)(=O)N2CCCOC2C)c(OC)c1. The molecule has 1 aliphatic heterocycles. The molecule has 2 rings (SSSR count). The highest BCUT2D eigenvalue weighted by Gasteiger charge is 2.33. The van der Waals surface area contributed by atoms with Gasteiger partial charge in [0.2, 0.25) is 10.0 Å². The Bertz CT molecular complexity index is 572. The average Bonchev–Trinajstić information content (AvgIpc) is 2.46. The van der Waals surface area contributed by atoms with Gasteiger partial charge in [0, 0.05) is 19.2 Å². The molecule has 1 atom stereocenters. The molecular formula is C13H19NO5S. The number of hydrogen-bond acceptors (Lipinski definition) is 5. The van der Waals surface area contributed by atoms with E-state index in [1.54, 1.807) is 19.1 Å². The fourth-order valence-corrected chi connectivity index (χ4v) is 3.88. The molecule has 1 aliphatic rings. The van der Waals surface area contributed by atoms with Gasteiger partial charge in [-0.3, -0.25) is 0 Å². The molecular weight excluding hydrogens is 282 g/mol. The Balaban J connectivity index is 2.43. The Kier molecular flexibility index (Phi) is 4.52. The molecule has 0 bridgehead atoms. The topological polar surface area (TPSA) is 65.1 Å². The van der Waals surface area contributed by atoms with Crippen LogP contribution in [0.3, 0.4) is 0 Å². The smallest absolute Gasteiger partial charge is 0.248 e. The number of ether oxygens (including phenoxy) is 3. The molecule has 0 N–H and O–H groups in total. The van der Waals surface area contributed by atoms with Crippen LogP contribution in [0.5, 0.6) is 11.5 Å². The van der Waals surface area contributed by atoms with Crippen LogP contribution in [0, 0.1) is 0 Å². The van der Waals surface area contributed by atoms with E-state index in [1.807, 2.05) is 0 Å². The summed E-state index contributed by atoms with van der Waals surface area (Å²) in [6.07, 6.45) is 0.211. The number of hydrogen-bond donors (Lipinski definition) is 0. The lowest BCUT2D eigenvalue weighted by Crippen LogP contribution is -2.44. The van der Waals surface area contributed by atoms with E-state index in [0.717, 1.165) is 0 Å². The van der Waals surface area contributed by atoms with Gasteiger partial charge in [-0.05, 0) is 25.5 Å². The van der Waals surface area contributed by atoms with Crippen LogP contribution in [-0.4, -0.2) is 46.3 Å². The van der Waals surface area contributed by atoms with Gasteiger partial charge in [0.1, 0.15) is 22.6 Å². The van der Waals surface area contributed by atoms with E-state index in [0.29, 0.717) is 25.3 Å². The summed E-state index contributed by atoms with van der Waals surface area (Å²) in [5, 5.41) is 0. The zero-order chi connectivity index (χ0) is 14.8. The van der Waals surface area contributed by atoms with E-state index in [9.17, 15) is 8.42 Å². The van der Waals surface area contributed by atoms with Crippen molar-refractivity contribution in [2.45, 2.75) is 24.5 Å². The van der Waals surface area contributed by atoms with Crippen molar-refractivity contribution in [1.29, 1.82) is 0 Å². The van der Waals surface area contributed by atoms with Crippen molar-refractivity contribution in [1.82, 2.24) is 4.31 Å². The second-order valence-electron chi connectivity index (χ2n) is 4.46. The first-order valence-corrected chi connectivity index (χ1v) is 7.80. The fourth-order valence-electron chi connectivity index (χ4n) is 2.17. The maximum absolute atomic E-state index is 12.7. The maximum atomic E-state index is 12.7. The number of benzene rings is 1. The lowest BCUT2D eigenvalue weighted by Gasteiger charge is -2.32. The Morgan fingerprint density at radius 3 is 2.65 bits per heavy atom. The molecule has 1 fully saturated rings. The molecule has 1 aromatic carbocycles. The molecule has 1 unspecified atom stereocenters. The molecule has 6 nitrogen and oxygen atoms in total. The van der Waals surface area contributed by atoms with Crippen molar-refractivity contribution >= 4 is 10.0 Å². The van der Waals surface area contributed by atoms with E-state index < -0.39 is 16.3 Å². The van der Waals surface area contributed by atoms with Gasteiger partial charge in [-0.2, -0.15) is 4.31 Å². The second kappa shape index (κ2) is 5.99. The predicted molar refractivity (Wildman–Crippen MR) is 73.5 cm³/mol. The van der Waals surface area contributed by atoms with Crippen molar-refractivity contribution in [2.24, 2.45) is 0 Å². The Labute approximate surface area is 119 Å². The van der Waals surface area contributed by atoms with E-state index in [2.05, 4.69) is 0 Å². The van der Waals surface area contributed by atoms with Crippen LogP contribution in [0.4, 0.5) is 0 Å². The first kappa shape index (κ1) is 15.1. The minimum atomic E-state index is -3.65. The molecule has 0 saturated carbocycles. The molecule has 20 heavy (non-hydrogen) atoms. The summed E-state index contributed by atoms with van der Waals surface area (Å²) in [5.41, 5.74) is 0. The van der Waals surface area contributed by atoms with Gasteiger partial charge in [0.25, 0.3) is 0 Å². The molecule has 0 amide bonds. The van der Waals surface area contributed by atoms with Gasteiger partial charge in [-0.1, -0.05) is 0 Å². The molecule has 0 aromatic heterocycles. The number of rotatable bonds is 4. The summed E-state index contributed by atoms with van der Waals surface area (Å²) in [5.74, 6) is 0.811. The van der Waals surface area contributed by atoms with Crippen LogP contribution in [0.25, 0.3) is 0 Å². The highest BCUT2D eigenvalue weighted by atomic mass is 32.2. The van der Waals surface area contributed by atoms with Crippen LogP contribution in [0.1, 0.15) is 13.3 Å². The molecule has 7 heteroatoms. The summed E-state index contributed by atoms with van der Waals surface area (Å²) in [7, 11) is -0.699. The van der Waals surface area contributed by atoms with Crippen LogP contribution in [0.2, 0.25) is 0 Å². The van der Waals surface area contributed by atoms with Crippen LogP contribution < -0.4 is 9.47 Å². The normalized spacial score (nSPS) is 20.6. The zero-order valence-corrected chi connectivity index (χ0v) is 12.6. The standard InChI is InChI=1S/C13H19NO5S/c1-10-14(7-4-8-19-10)20(15,16)13-6-5-11(17-2)9-12(13)18-3/h5-6,9-10H,4,7-8H2,1-3H3. The zero-order valence-electron chi connectivity index (χ0n) is 11.8. The Morgan fingerprint density at radius 2 is 2.05 bits per heavy atom. The van der Waals surface area contributed by atoms with Gasteiger partial charge < -0.3 is 14.2 Å². The van der Waals surface area contributed by atoms with E-state index in [1.165, 1.54) is 24.6 Å². The Hall–Kier alpha value is -1.31. The van der Waals surface area contributed by atoms with Crippen molar-refractivity contribution in [3.05, 3.63) is 18.2 Å². The lowest BCUT2D eigenvalue weighted by atomic mass is 10.3. The largest absolute Gasteiger partial charge is 0.497 e. The number of sulfonamides is 1. The maximum Gasteiger partial charge on any atom is 0.248 e. The highest BCUT2D eigenvalue weighted by molar-refractivity contribution is 7.89. The molecule has 0 spiro atoms. The Morgan fingerprint density at radius 1 is 1.30 bits per heavy atom. The average molecular weight is 301 g/mol. The summed E-state index contributed by atoms with van der Waals surface area (Å²) in [6.45, 7) is 2.75. The van der Waals surface area contributed by atoms with Crippen LogP contribution in [-0.2, 0) is 14.8 Å². The quantitative estimate of drug-likeness (QED) is 0.842. The minimum absolute atomic E-state index is 0.123. The third-order valence-electron chi connectivity index (χ3n) is 3.24. The summed E-state index contributed by atoms with van der Waals surface area (Å²) in [4.78, 5) is 0.123. The lowest BCUT2D eigenvalue weighted by molar-refractivity contribution is -0.0411. The number of methoxy groups -OCH3 is 2. The fraction of sp³-hybridized carbons (Fsp3) is 0.538. The third-order valence-corrected chi connectivity index (χ3v) is 5.23. The van der Waals surface area contributed by atoms with Gasteiger partial charge in [-0.25, -0.2) is 8.42 Å². The van der Waals surface area contributed by atoms with E-state index in [-0.39, 0.29) is 10.6 Å². The second-order valence-corrected chi connectivity index (χ2v) is 6.32. The number of nitrogens with zero attached hydrogens (tertiary/aromatic N) is 1. The summed E-state index contributed by atoms with van der Waals surface area (Å²) < 4.78 is 42.4. The molecule has 112 valence electrons. The summed E-state index contributed by atoms with van der Waals surface area (Å²) >= 11 is 0. The van der Waals surface area contributed by atoms with Crippen molar-refractivity contribution in [3.8, 4) is 11.5 Å². The highest BCUT2D eigenvalue weighted by Crippen LogP contribution is 2.32. The predicted octanol–water partition coefficient (Wildman–Crippen LogP) is 1.46. The minimum Gasteiger partial charge on any atom is -0.497 e. The van der Waals surface area contributed by atoms with Gasteiger partial charge >= 0.3 is 0 Å². The first-order valence-electron chi connectivity index (χ1n) is 6.36. The third kappa shape index (κ3) is 2.74.